The van der Waals surface area contributed by atoms with Crippen LogP contribution in [-0.2, 0) is 31.3 Å². The summed E-state index contributed by atoms with van der Waals surface area (Å²) in [5.74, 6) is -0.813. The van der Waals surface area contributed by atoms with E-state index in [1.165, 1.54) is 32.9 Å². The summed E-state index contributed by atoms with van der Waals surface area (Å²) in [5, 5.41) is 3.32. The van der Waals surface area contributed by atoms with Gasteiger partial charge in [-0.3, -0.25) is 9.10 Å². The second-order valence-corrected chi connectivity index (χ2v) is 13.4. The number of piperidine rings is 1. The number of hydrogen-bond donors (Lipinski definition) is 1. The minimum atomic E-state index is -3.80. The summed E-state index contributed by atoms with van der Waals surface area (Å²) in [6.45, 7) is 0.745. The zero-order valence-corrected chi connectivity index (χ0v) is 22.3. The molecule has 1 fully saturated rings. The summed E-state index contributed by atoms with van der Waals surface area (Å²) in [6.07, 6.45) is 1.70. The van der Waals surface area contributed by atoms with Gasteiger partial charge in [0.25, 0.3) is 10.0 Å². The van der Waals surface area contributed by atoms with Crippen molar-refractivity contribution in [2.75, 3.05) is 29.3 Å². The van der Waals surface area contributed by atoms with E-state index in [9.17, 15) is 21.6 Å². The van der Waals surface area contributed by atoms with Crippen LogP contribution >= 0.6 is 11.6 Å². The number of nitrogens with one attached hydrogen (secondary N) is 1. The third-order valence-electron chi connectivity index (χ3n) is 6.74. The molecule has 2 aliphatic heterocycles. The molecule has 5 rings (SSSR count). The Morgan fingerprint density at radius 1 is 0.865 bits per heavy atom. The monoisotopic (exact) mass is 559 g/mol. The molecule has 0 bridgehead atoms. The first-order valence-corrected chi connectivity index (χ1v) is 15.2. The van der Waals surface area contributed by atoms with Crippen LogP contribution in [-0.4, -0.2) is 46.7 Å². The van der Waals surface area contributed by atoms with Crippen LogP contribution in [0.25, 0.3) is 0 Å². The van der Waals surface area contributed by atoms with E-state index in [-0.39, 0.29) is 22.2 Å². The molecular formula is C26H26ClN3O5S2. The lowest BCUT2D eigenvalue weighted by molar-refractivity contribution is -0.120. The second-order valence-electron chi connectivity index (χ2n) is 9.13. The van der Waals surface area contributed by atoms with Crippen LogP contribution in [0.2, 0.25) is 5.02 Å². The molecule has 11 heteroatoms. The van der Waals surface area contributed by atoms with Gasteiger partial charge in [0.15, 0.2) is 0 Å². The quantitative estimate of drug-likeness (QED) is 0.489. The molecule has 0 spiro atoms. The van der Waals surface area contributed by atoms with E-state index < -0.39 is 26.0 Å². The molecule has 2 aliphatic rings. The highest BCUT2D eigenvalue weighted by atomic mass is 35.5. The van der Waals surface area contributed by atoms with E-state index in [1.807, 2.05) is 6.07 Å². The Bertz CT molecular complexity index is 1530. The highest BCUT2D eigenvalue weighted by molar-refractivity contribution is 7.92. The van der Waals surface area contributed by atoms with E-state index in [0.717, 1.165) is 5.56 Å². The molecular weight excluding hydrogens is 534 g/mol. The topological polar surface area (TPSA) is 104 Å². The zero-order chi connectivity index (χ0) is 26.2. The summed E-state index contributed by atoms with van der Waals surface area (Å²) >= 11 is 5.92. The fourth-order valence-electron chi connectivity index (χ4n) is 4.77. The number of carbonyl (C=O) groups excluding carboxylic acids is 1. The predicted octanol–water partition coefficient (Wildman–Crippen LogP) is 4.13. The molecule has 0 aliphatic carbocycles. The third-order valence-corrected chi connectivity index (χ3v) is 10.7. The Morgan fingerprint density at radius 3 is 2.30 bits per heavy atom. The molecule has 1 amide bonds. The van der Waals surface area contributed by atoms with Crippen molar-refractivity contribution in [2.24, 2.45) is 5.92 Å². The number of halogens is 1. The number of rotatable bonds is 6. The van der Waals surface area contributed by atoms with E-state index >= 15 is 0 Å². The molecule has 1 unspecified atom stereocenters. The molecule has 3 aromatic rings. The summed E-state index contributed by atoms with van der Waals surface area (Å²) < 4.78 is 55.3. The van der Waals surface area contributed by atoms with Crippen LogP contribution in [0.3, 0.4) is 0 Å². The number of nitrogens with zero attached hydrogens (tertiary/aromatic N) is 2. The second kappa shape index (κ2) is 10.1. The van der Waals surface area contributed by atoms with Crippen LogP contribution in [0.5, 0.6) is 0 Å². The SMILES string of the molecule is O=C(Nc1ccc2c(c1)N(S(=O)(=O)c1ccc(Cl)cc1)CC2)C1CCCN(S(=O)(=O)c2ccccc2)C1. The van der Waals surface area contributed by atoms with Gasteiger partial charge in [0.1, 0.15) is 0 Å². The largest absolute Gasteiger partial charge is 0.326 e. The van der Waals surface area contributed by atoms with Crippen molar-refractivity contribution in [2.45, 2.75) is 29.1 Å². The van der Waals surface area contributed by atoms with E-state index in [0.29, 0.717) is 48.7 Å². The van der Waals surface area contributed by atoms with Crippen LogP contribution in [0, 0.1) is 5.92 Å². The van der Waals surface area contributed by atoms with Gasteiger partial charge in [0.05, 0.1) is 21.4 Å². The lowest BCUT2D eigenvalue weighted by Crippen LogP contribution is -2.43. The van der Waals surface area contributed by atoms with Crippen molar-refractivity contribution < 1.29 is 21.6 Å². The molecule has 1 atom stereocenters. The van der Waals surface area contributed by atoms with Gasteiger partial charge in [-0.2, -0.15) is 4.31 Å². The Balaban J connectivity index is 1.32. The number of amides is 1. The van der Waals surface area contributed by atoms with Gasteiger partial charge >= 0.3 is 0 Å². The van der Waals surface area contributed by atoms with Gasteiger partial charge in [-0.05, 0) is 73.4 Å². The molecule has 1 N–H and O–H groups in total. The van der Waals surface area contributed by atoms with Gasteiger partial charge in [-0.25, -0.2) is 16.8 Å². The van der Waals surface area contributed by atoms with E-state index in [2.05, 4.69) is 5.32 Å². The van der Waals surface area contributed by atoms with Crippen molar-refractivity contribution in [1.82, 2.24) is 4.31 Å². The lowest BCUT2D eigenvalue weighted by Gasteiger charge is -2.31. The van der Waals surface area contributed by atoms with E-state index in [1.54, 1.807) is 42.5 Å². The number of carbonyl (C=O) groups is 1. The van der Waals surface area contributed by atoms with Gasteiger partial charge in [-0.15, -0.1) is 0 Å². The minimum absolute atomic E-state index is 0.0884. The van der Waals surface area contributed by atoms with E-state index in [4.69, 9.17) is 11.6 Å². The normalized spacial score (nSPS) is 18.4. The van der Waals surface area contributed by atoms with Crippen molar-refractivity contribution >= 4 is 48.9 Å². The Kier molecular flexibility index (Phi) is 7.01. The molecule has 0 aromatic heterocycles. The summed E-state index contributed by atoms with van der Waals surface area (Å²) in [7, 11) is -7.49. The molecule has 0 saturated carbocycles. The van der Waals surface area contributed by atoms with Crippen molar-refractivity contribution in [3.05, 3.63) is 83.4 Å². The predicted molar refractivity (Wildman–Crippen MR) is 143 cm³/mol. The molecule has 8 nitrogen and oxygen atoms in total. The van der Waals surface area contributed by atoms with Crippen molar-refractivity contribution in [3.8, 4) is 0 Å². The highest BCUT2D eigenvalue weighted by Crippen LogP contribution is 2.35. The van der Waals surface area contributed by atoms with Gasteiger partial charge in [0, 0.05) is 30.3 Å². The van der Waals surface area contributed by atoms with Crippen LogP contribution in [0.4, 0.5) is 11.4 Å². The molecule has 37 heavy (non-hydrogen) atoms. The first-order chi connectivity index (χ1) is 17.7. The number of sulfonamides is 2. The number of anilines is 2. The van der Waals surface area contributed by atoms with Crippen LogP contribution < -0.4 is 9.62 Å². The third kappa shape index (κ3) is 5.11. The summed E-state index contributed by atoms with van der Waals surface area (Å²) in [5.41, 5.74) is 1.85. The summed E-state index contributed by atoms with van der Waals surface area (Å²) in [6, 6.07) is 19.4. The zero-order valence-electron chi connectivity index (χ0n) is 19.9. The van der Waals surface area contributed by atoms with Crippen molar-refractivity contribution in [1.29, 1.82) is 0 Å². The Labute approximate surface area is 222 Å². The molecule has 3 aromatic carbocycles. The standard InChI is InChI=1S/C26H26ClN3O5S2/c27-21-9-12-24(13-10-21)37(34,35)30-16-14-19-8-11-22(17-25(19)30)28-26(31)20-5-4-15-29(18-20)36(32,33)23-6-2-1-3-7-23/h1-3,6-13,17,20H,4-5,14-16,18H2,(H,28,31). The van der Waals surface area contributed by atoms with Crippen molar-refractivity contribution in [3.63, 3.8) is 0 Å². The lowest BCUT2D eigenvalue weighted by atomic mass is 9.98. The summed E-state index contributed by atoms with van der Waals surface area (Å²) in [4.78, 5) is 13.5. The van der Waals surface area contributed by atoms with Gasteiger partial charge in [0.2, 0.25) is 15.9 Å². The maximum atomic E-state index is 13.3. The number of fused-ring (bicyclic) bond motifs is 1. The minimum Gasteiger partial charge on any atom is -0.326 e. The highest BCUT2D eigenvalue weighted by Gasteiger charge is 2.34. The smallest absolute Gasteiger partial charge is 0.264 e. The fraction of sp³-hybridized carbons (Fsp3) is 0.269. The molecule has 0 radical (unpaired) electrons. The molecule has 194 valence electrons. The van der Waals surface area contributed by atoms with Gasteiger partial charge < -0.3 is 5.32 Å². The first kappa shape index (κ1) is 25.7. The van der Waals surface area contributed by atoms with Crippen LogP contribution in [0.1, 0.15) is 18.4 Å². The first-order valence-electron chi connectivity index (χ1n) is 11.9. The Hall–Kier alpha value is -2.92. The average Bonchev–Trinajstić information content (AvgIpc) is 3.34. The maximum Gasteiger partial charge on any atom is 0.264 e. The van der Waals surface area contributed by atoms with Crippen LogP contribution in [0.15, 0.2) is 82.6 Å². The average molecular weight is 560 g/mol. The number of benzene rings is 3. The fourth-order valence-corrected chi connectivity index (χ4v) is 7.94. The Morgan fingerprint density at radius 2 is 1.57 bits per heavy atom. The maximum absolute atomic E-state index is 13.3. The molecule has 2 heterocycles. The molecule has 1 saturated heterocycles. The van der Waals surface area contributed by atoms with Gasteiger partial charge in [-0.1, -0.05) is 35.9 Å². The number of hydrogen-bond acceptors (Lipinski definition) is 5.